The van der Waals surface area contributed by atoms with Crippen LogP contribution in [0.3, 0.4) is 0 Å². The lowest BCUT2D eigenvalue weighted by Crippen LogP contribution is -2.17. The van der Waals surface area contributed by atoms with Gasteiger partial charge in [-0.25, -0.2) is 4.39 Å². The number of hydrogen-bond acceptors (Lipinski definition) is 1. The van der Waals surface area contributed by atoms with E-state index in [1.54, 1.807) is 6.07 Å². The summed E-state index contributed by atoms with van der Waals surface area (Å²) in [5.74, 6) is -0.0220. The van der Waals surface area contributed by atoms with Crippen molar-refractivity contribution < 1.29 is 9.13 Å². The van der Waals surface area contributed by atoms with Gasteiger partial charge in [0.2, 0.25) is 0 Å². The molecule has 0 aliphatic heterocycles. The summed E-state index contributed by atoms with van der Waals surface area (Å²) in [5.41, 5.74) is 0.812. The summed E-state index contributed by atoms with van der Waals surface area (Å²) in [6.45, 7) is 6.66. The van der Waals surface area contributed by atoms with E-state index in [1.165, 1.54) is 6.07 Å². The predicted molar refractivity (Wildman–Crippen MR) is 70.7 cm³/mol. The second-order valence-electron chi connectivity index (χ2n) is 5.55. The molecule has 0 N–H and O–H groups in total. The molecule has 0 fully saturated rings. The number of rotatable bonds is 3. The van der Waals surface area contributed by atoms with E-state index in [0.717, 1.165) is 5.69 Å². The Balaban J connectivity index is 2.16. The number of nitrogens with zero attached hydrogens (tertiary/aromatic N) is 1. The summed E-state index contributed by atoms with van der Waals surface area (Å²) in [4.78, 5) is 0. The first-order valence-corrected chi connectivity index (χ1v) is 6.01. The first-order chi connectivity index (χ1) is 8.46. The van der Waals surface area contributed by atoms with Crippen molar-refractivity contribution in [3.8, 4) is 11.4 Å². The van der Waals surface area contributed by atoms with Crippen LogP contribution in [0.2, 0.25) is 0 Å². The van der Waals surface area contributed by atoms with Crippen molar-refractivity contribution in [3.63, 3.8) is 0 Å². The van der Waals surface area contributed by atoms with Crippen LogP contribution in [0.25, 0.3) is 5.69 Å². The first-order valence-electron chi connectivity index (χ1n) is 6.01. The minimum Gasteiger partial charge on any atom is -0.490 e. The molecule has 0 atom stereocenters. The fraction of sp³-hybridized carbons (Fsp3) is 0.333. The van der Waals surface area contributed by atoms with Crippen molar-refractivity contribution in [2.24, 2.45) is 5.41 Å². The Labute approximate surface area is 107 Å². The maximum atomic E-state index is 13.9. The molecule has 0 saturated heterocycles. The molecular formula is C15H18FNO. The maximum absolute atomic E-state index is 13.9. The Kier molecular flexibility index (Phi) is 3.41. The van der Waals surface area contributed by atoms with Gasteiger partial charge in [-0.2, -0.15) is 0 Å². The number of benzene rings is 1. The lowest BCUT2D eigenvalue weighted by atomic mass is 9.99. The Morgan fingerprint density at radius 1 is 1.17 bits per heavy atom. The molecule has 0 radical (unpaired) electrons. The predicted octanol–water partition coefficient (Wildman–Crippen LogP) is 4.04. The van der Waals surface area contributed by atoms with Crippen molar-refractivity contribution in [1.29, 1.82) is 0 Å². The molecule has 3 heteroatoms. The summed E-state index contributed by atoms with van der Waals surface area (Å²) in [7, 11) is 0. The molecule has 0 aliphatic rings. The first kappa shape index (κ1) is 12.7. The third-order valence-electron chi connectivity index (χ3n) is 2.48. The highest BCUT2D eigenvalue weighted by atomic mass is 19.1. The van der Waals surface area contributed by atoms with Gasteiger partial charge < -0.3 is 9.30 Å². The van der Waals surface area contributed by atoms with Gasteiger partial charge in [-0.1, -0.05) is 20.8 Å². The number of halogens is 1. The molecule has 0 unspecified atom stereocenters. The third-order valence-corrected chi connectivity index (χ3v) is 2.48. The van der Waals surface area contributed by atoms with Crippen molar-refractivity contribution >= 4 is 0 Å². The molecule has 0 amide bonds. The third kappa shape index (κ3) is 3.13. The number of aromatic nitrogens is 1. The SMILES string of the molecule is CC(C)(C)COc1ccc(-n2cccc2)cc1F. The molecule has 0 spiro atoms. The maximum Gasteiger partial charge on any atom is 0.167 e. The van der Waals surface area contributed by atoms with Gasteiger partial charge in [-0.05, 0) is 29.7 Å². The smallest absolute Gasteiger partial charge is 0.167 e. The highest BCUT2D eigenvalue weighted by molar-refractivity contribution is 5.39. The summed E-state index contributed by atoms with van der Waals surface area (Å²) < 4.78 is 21.2. The van der Waals surface area contributed by atoms with E-state index < -0.39 is 0 Å². The van der Waals surface area contributed by atoms with E-state index in [0.29, 0.717) is 12.4 Å². The van der Waals surface area contributed by atoms with Crippen LogP contribution in [0, 0.1) is 11.2 Å². The summed E-state index contributed by atoms with van der Waals surface area (Å²) >= 11 is 0. The molecule has 0 saturated carbocycles. The van der Waals surface area contributed by atoms with Gasteiger partial charge in [0.15, 0.2) is 11.6 Å². The fourth-order valence-corrected chi connectivity index (χ4v) is 1.57. The summed E-state index contributed by atoms with van der Waals surface area (Å²) in [6.07, 6.45) is 3.76. The largest absolute Gasteiger partial charge is 0.490 e. The zero-order valence-electron chi connectivity index (χ0n) is 11.0. The average Bonchev–Trinajstić information content (AvgIpc) is 2.79. The highest BCUT2D eigenvalue weighted by Gasteiger charge is 2.13. The quantitative estimate of drug-likeness (QED) is 0.798. The summed E-state index contributed by atoms with van der Waals surface area (Å²) in [6, 6.07) is 8.82. The molecule has 2 aromatic rings. The van der Waals surface area contributed by atoms with E-state index in [9.17, 15) is 4.39 Å². The van der Waals surface area contributed by atoms with Crippen LogP contribution in [0.4, 0.5) is 4.39 Å². The van der Waals surface area contributed by atoms with Gasteiger partial charge in [-0.15, -0.1) is 0 Å². The molecule has 1 heterocycles. The zero-order valence-corrected chi connectivity index (χ0v) is 11.0. The minimum atomic E-state index is -0.328. The van der Waals surface area contributed by atoms with Gasteiger partial charge in [-0.3, -0.25) is 0 Å². The van der Waals surface area contributed by atoms with E-state index in [-0.39, 0.29) is 11.2 Å². The van der Waals surface area contributed by atoms with E-state index in [2.05, 4.69) is 20.8 Å². The van der Waals surface area contributed by atoms with Gasteiger partial charge >= 0.3 is 0 Å². The molecule has 0 aliphatic carbocycles. The Morgan fingerprint density at radius 2 is 1.83 bits per heavy atom. The lowest BCUT2D eigenvalue weighted by Gasteiger charge is -2.19. The molecule has 1 aromatic carbocycles. The van der Waals surface area contributed by atoms with Crippen LogP contribution in [-0.2, 0) is 0 Å². The molecule has 96 valence electrons. The topological polar surface area (TPSA) is 14.2 Å². The molecular weight excluding hydrogens is 229 g/mol. The highest BCUT2D eigenvalue weighted by Crippen LogP contribution is 2.23. The monoisotopic (exact) mass is 247 g/mol. The second kappa shape index (κ2) is 4.84. The lowest BCUT2D eigenvalue weighted by molar-refractivity contribution is 0.191. The Morgan fingerprint density at radius 3 is 2.39 bits per heavy atom. The Bertz CT molecular complexity index is 512. The number of hydrogen-bond donors (Lipinski definition) is 0. The molecule has 18 heavy (non-hydrogen) atoms. The van der Waals surface area contributed by atoms with Crippen molar-refractivity contribution in [2.45, 2.75) is 20.8 Å². The molecule has 1 aromatic heterocycles. The summed E-state index contributed by atoms with van der Waals surface area (Å²) in [5, 5.41) is 0. The molecule has 0 bridgehead atoms. The van der Waals surface area contributed by atoms with Crippen molar-refractivity contribution in [3.05, 3.63) is 48.5 Å². The van der Waals surface area contributed by atoms with Crippen LogP contribution in [0.15, 0.2) is 42.7 Å². The van der Waals surface area contributed by atoms with Crippen molar-refractivity contribution in [2.75, 3.05) is 6.61 Å². The van der Waals surface area contributed by atoms with E-state index >= 15 is 0 Å². The average molecular weight is 247 g/mol. The van der Waals surface area contributed by atoms with Crippen LogP contribution in [0.1, 0.15) is 20.8 Å². The van der Waals surface area contributed by atoms with Crippen LogP contribution in [0.5, 0.6) is 5.75 Å². The minimum absolute atomic E-state index is 0.0194. The van der Waals surface area contributed by atoms with Crippen LogP contribution >= 0.6 is 0 Å². The van der Waals surface area contributed by atoms with E-state index in [1.807, 2.05) is 35.2 Å². The second-order valence-corrected chi connectivity index (χ2v) is 5.55. The zero-order chi connectivity index (χ0) is 13.2. The van der Waals surface area contributed by atoms with Gasteiger partial charge in [0.25, 0.3) is 0 Å². The molecule has 2 rings (SSSR count). The standard InChI is InChI=1S/C15H18FNO/c1-15(2,3)11-18-14-7-6-12(10-13(14)16)17-8-4-5-9-17/h4-10H,11H2,1-3H3. The normalized spacial score (nSPS) is 11.6. The molecule has 2 nitrogen and oxygen atoms in total. The van der Waals surface area contributed by atoms with Gasteiger partial charge in [0.1, 0.15) is 0 Å². The van der Waals surface area contributed by atoms with Gasteiger partial charge in [0.05, 0.1) is 6.61 Å². The van der Waals surface area contributed by atoms with E-state index in [4.69, 9.17) is 4.74 Å². The van der Waals surface area contributed by atoms with Gasteiger partial charge in [0, 0.05) is 24.1 Å². The fourth-order valence-electron chi connectivity index (χ4n) is 1.57. The van der Waals surface area contributed by atoms with Crippen LogP contribution < -0.4 is 4.74 Å². The Hall–Kier alpha value is -1.77. The van der Waals surface area contributed by atoms with Crippen LogP contribution in [-0.4, -0.2) is 11.2 Å². The van der Waals surface area contributed by atoms with Crippen molar-refractivity contribution in [1.82, 2.24) is 4.57 Å². The number of ether oxygens (including phenoxy) is 1.